The molecule has 0 aliphatic heterocycles. The number of hydrogen-bond acceptors (Lipinski definition) is 7. The van der Waals surface area contributed by atoms with E-state index < -0.39 is 46.3 Å². The Morgan fingerprint density at radius 1 is 1.09 bits per heavy atom. The van der Waals surface area contributed by atoms with Gasteiger partial charge in [-0.05, 0) is 38.1 Å². The second kappa shape index (κ2) is 9.90. The van der Waals surface area contributed by atoms with Crippen LogP contribution in [0.25, 0.3) is 0 Å². The number of nitrogens with zero attached hydrogens (tertiary/aromatic N) is 1. The summed E-state index contributed by atoms with van der Waals surface area (Å²) in [6, 6.07) is 6.61. The van der Waals surface area contributed by atoms with E-state index in [9.17, 15) is 37.7 Å². The number of non-ortho nitro benzene ring substituents is 1. The number of anilines is 1. The summed E-state index contributed by atoms with van der Waals surface area (Å²) < 4.78 is 48.1. The number of nitrogens with one attached hydrogen (secondary N) is 1. The first-order valence-electron chi connectivity index (χ1n) is 9.08. The molecule has 2 aromatic rings. The number of halogens is 3. The van der Waals surface area contributed by atoms with Crippen LogP contribution in [0.1, 0.15) is 40.1 Å². The van der Waals surface area contributed by atoms with Crippen molar-refractivity contribution >= 4 is 29.2 Å². The highest BCUT2D eigenvalue weighted by Crippen LogP contribution is 2.30. The molecule has 0 heterocycles. The number of esters is 2. The highest BCUT2D eigenvalue weighted by Gasteiger charge is 2.31. The molecule has 0 fully saturated rings. The van der Waals surface area contributed by atoms with Crippen molar-refractivity contribution in [2.45, 2.75) is 26.1 Å². The predicted octanol–water partition coefficient (Wildman–Crippen LogP) is 3.97. The van der Waals surface area contributed by atoms with Crippen molar-refractivity contribution in [1.29, 1.82) is 0 Å². The van der Waals surface area contributed by atoms with Gasteiger partial charge in [0.15, 0.2) is 6.10 Å². The van der Waals surface area contributed by atoms with Crippen molar-refractivity contribution in [3.05, 3.63) is 69.3 Å². The van der Waals surface area contributed by atoms with Gasteiger partial charge < -0.3 is 14.8 Å². The lowest BCUT2D eigenvalue weighted by Gasteiger charge is -2.15. The number of nitro benzene ring substituents is 1. The fraction of sp³-hybridized carbons (Fsp3) is 0.250. The number of nitro groups is 1. The number of ether oxygens (including phenoxy) is 2. The molecule has 0 aliphatic rings. The fourth-order valence-corrected chi connectivity index (χ4v) is 2.47. The van der Waals surface area contributed by atoms with Gasteiger partial charge in [0.2, 0.25) is 0 Å². The largest absolute Gasteiger partial charge is 0.462 e. The molecule has 0 saturated heterocycles. The zero-order valence-corrected chi connectivity index (χ0v) is 16.8. The molecule has 32 heavy (non-hydrogen) atoms. The first-order chi connectivity index (χ1) is 14.9. The zero-order valence-electron chi connectivity index (χ0n) is 16.8. The molecule has 0 aromatic heterocycles. The Morgan fingerprint density at radius 2 is 1.72 bits per heavy atom. The van der Waals surface area contributed by atoms with Gasteiger partial charge in [-0.25, -0.2) is 9.59 Å². The summed E-state index contributed by atoms with van der Waals surface area (Å²) in [5.41, 5.74) is -2.39. The van der Waals surface area contributed by atoms with Crippen LogP contribution < -0.4 is 5.32 Å². The van der Waals surface area contributed by atoms with Crippen LogP contribution in [-0.4, -0.2) is 35.5 Å². The molecule has 0 spiro atoms. The van der Waals surface area contributed by atoms with E-state index in [1.54, 1.807) is 0 Å². The van der Waals surface area contributed by atoms with E-state index in [4.69, 9.17) is 9.47 Å². The average Bonchev–Trinajstić information content (AvgIpc) is 2.73. The first kappa shape index (κ1) is 24.3. The highest BCUT2D eigenvalue weighted by molar-refractivity contribution is 5.99. The molecule has 0 saturated carbocycles. The second-order valence-electron chi connectivity index (χ2n) is 6.36. The van der Waals surface area contributed by atoms with Crippen molar-refractivity contribution in [2.75, 3.05) is 11.9 Å². The molecule has 12 heteroatoms. The van der Waals surface area contributed by atoms with Gasteiger partial charge in [0, 0.05) is 17.8 Å². The maximum atomic E-state index is 12.8. The van der Waals surface area contributed by atoms with E-state index in [0.717, 1.165) is 37.3 Å². The number of alkyl halides is 3. The Morgan fingerprint density at radius 3 is 2.28 bits per heavy atom. The molecule has 9 nitrogen and oxygen atoms in total. The van der Waals surface area contributed by atoms with Gasteiger partial charge in [0.1, 0.15) is 0 Å². The Bertz CT molecular complexity index is 1050. The van der Waals surface area contributed by atoms with Crippen molar-refractivity contribution in [3.63, 3.8) is 0 Å². The molecular formula is C20H17F3N2O7. The lowest BCUT2D eigenvalue weighted by molar-refractivity contribution is -0.384. The minimum absolute atomic E-state index is 0.00590. The molecule has 2 rings (SSSR count). The standard InChI is InChI=1S/C20H17F3N2O7/c1-3-31-18(27)12-7-13(9-16(8-12)25(29)30)19(28)32-11(2)17(26)24-15-6-4-5-14(10-15)20(21,22)23/h4-11H,3H2,1-2H3,(H,24,26). The van der Waals surface area contributed by atoms with Crippen LogP contribution in [0, 0.1) is 10.1 Å². The van der Waals surface area contributed by atoms with Crippen molar-refractivity contribution in [3.8, 4) is 0 Å². The van der Waals surface area contributed by atoms with E-state index in [1.807, 2.05) is 0 Å². The van der Waals surface area contributed by atoms with Gasteiger partial charge in [-0.15, -0.1) is 0 Å². The van der Waals surface area contributed by atoms with E-state index in [-0.39, 0.29) is 23.4 Å². The van der Waals surface area contributed by atoms with Crippen molar-refractivity contribution in [1.82, 2.24) is 0 Å². The number of benzene rings is 2. The van der Waals surface area contributed by atoms with Crippen LogP contribution in [0.15, 0.2) is 42.5 Å². The Kier molecular flexibility index (Phi) is 7.52. The van der Waals surface area contributed by atoms with Gasteiger partial charge in [-0.3, -0.25) is 14.9 Å². The Hall–Kier alpha value is -3.96. The van der Waals surface area contributed by atoms with Crippen molar-refractivity contribution in [2.24, 2.45) is 0 Å². The maximum Gasteiger partial charge on any atom is 0.416 e. The lowest BCUT2D eigenvalue weighted by atomic mass is 10.1. The number of amides is 1. The summed E-state index contributed by atoms with van der Waals surface area (Å²) in [5.74, 6) is -3.00. The molecule has 170 valence electrons. The number of carbonyl (C=O) groups is 3. The van der Waals surface area contributed by atoms with Crippen LogP contribution in [0.4, 0.5) is 24.5 Å². The van der Waals surface area contributed by atoms with Gasteiger partial charge in [-0.2, -0.15) is 13.2 Å². The summed E-state index contributed by atoms with van der Waals surface area (Å²) >= 11 is 0. The van der Waals surface area contributed by atoms with Crippen LogP contribution in [-0.2, 0) is 20.4 Å². The predicted molar refractivity (Wildman–Crippen MR) is 104 cm³/mol. The summed E-state index contributed by atoms with van der Waals surface area (Å²) in [5, 5.41) is 13.3. The summed E-state index contributed by atoms with van der Waals surface area (Å²) in [6.07, 6.45) is -6.08. The van der Waals surface area contributed by atoms with Crippen molar-refractivity contribution < 1.29 is 42.0 Å². The van der Waals surface area contributed by atoms with Crippen LogP contribution >= 0.6 is 0 Å². The topological polar surface area (TPSA) is 125 Å². The minimum atomic E-state index is -4.61. The van der Waals surface area contributed by atoms with E-state index in [0.29, 0.717) is 6.07 Å². The van der Waals surface area contributed by atoms with E-state index >= 15 is 0 Å². The Balaban J connectivity index is 2.17. The fourth-order valence-electron chi connectivity index (χ4n) is 2.47. The zero-order chi connectivity index (χ0) is 24.1. The van der Waals surface area contributed by atoms with Gasteiger partial charge in [-0.1, -0.05) is 6.07 Å². The van der Waals surface area contributed by atoms with Crippen LogP contribution in [0.2, 0.25) is 0 Å². The summed E-state index contributed by atoms with van der Waals surface area (Å²) in [4.78, 5) is 46.8. The molecule has 1 N–H and O–H groups in total. The van der Waals surface area contributed by atoms with Crippen LogP contribution in [0.5, 0.6) is 0 Å². The first-order valence-corrected chi connectivity index (χ1v) is 9.08. The lowest BCUT2D eigenvalue weighted by Crippen LogP contribution is -2.30. The monoisotopic (exact) mass is 454 g/mol. The molecule has 1 amide bonds. The van der Waals surface area contributed by atoms with Gasteiger partial charge >= 0.3 is 18.1 Å². The molecule has 0 radical (unpaired) electrons. The number of hydrogen-bond donors (Lipinski definition) is 1. The molecule has 0 aliphatic carbocycles. The summed E-state index contributed by atoms with van der Waals surface area (Å²) in [7, 11) is 0. The molecule has 1 unspecified atom stereocenters. The Labute approximate surface area is 179 Å². The molecular weight excluding hydrogens is 437 g/mol. The van der Waals surface area contributed by atoms with E-state index in [2.05, 4.69) is 5.32 Å². The third-order valence-corrected chi connectivity index (χ3v) is 3.99. The van der Waals surface area contributed by atoms with E-state index in [1.165, 1.54) is 13.0 Å². The number of carbonyl (C=O) groups excluding carboxylic acids is 3. The SMILES string of the molecule is CCOC(=O)c1cc(C(=O)OC(C)C(=O)Nc2cccc(C(F)(F)F)c2)cc([N+](=O)[O-])c1. The average molecular weight is 454 g/mol. The summed E-state index contributed by atoms with van der Waals surface area (Å²) in [6.45, 7) is 2.67. The highest BCUT2D eigenvalue weighted by atomic mass is 19.4. The minimum Gasteiger partial charge on any atom is -0.462 e. The van der Waals surface area contributed by atoms with Crippen LogP contribution in [0.3, 0.4) is 0 Å². The maximum absolute atomic E-state index is 12.8. The molecule has 0 bridgehead atoms. The molecule has 2 aromatic carbocycles. The van der Waals surface area contributed by atoms with Gasteiger partial charge in [0.05, 0.1) is 28.2 Å². The smallest absolute Gasteiger partial charge is 0.416 e. The second-order valence-corrected chi connectivity index (χ2v) is 6.36. The third-order valence-electron chi connectivity index (χ3n) is 3.99. The number of rotatable bonds is 7. The quantitative estimate of drug-likeness (QED) is 0.381. The van der Waals surface area contributed by atoms with Gasteiger partial charge in [0.25, 0.3) is 11.6 Å². The third kappa shape index (κ3) is 6.27. The molecule has 1 atom stereocenters. The normalized spacial score (nSPS) is 11.9.